The highest BCUT2D eigenvalue weighted by Crippen LogP contribution is 2.38. The second-order valence-electron chi connectivity index (χ2n) is 3.56. The molecule has 2 rings (SSSR count). The maximum atomic E-state index is 5.37. The van der Waals surface area contributed by atoms with Gasteiger partial charge in [0.2, 0.25) is 0 Å². The number of anilines is 1. The van der Waals surface area contributed by atoms with E-state index in [4.69, 9.17) is 5.84 Å². The fraction of sp³-hybridized carbons (Fsp3) is 0.556. The van der Waals surface area contributed by atoms with Crippen molar-refractivity contribution in [2.24, 2.45) is 5.84 Å². The van der Waals surface area contributed by atoms with Gasteiger partial charge < -0.3 is 5.43 Å². The van der Waals surface area contributed by atoms with Crippen molar-refractivity contribution in [1.29, 1.82) is 0 Å². The highest BCUT2D eigenvalue weighted by atomic mass is 15.3. The molecule has 0 bridgehead atoms. The summed E-state index contributed by atoms with van der Waals surface area (Å²) in [4.78, 5) is 8.80. The lowest BCUT2D eigenvalue weighted by molar-refractivity contribution is 0.893. The van der Waals surface area contributed by atoms with Gasteiger partial charge >= 0.3 is 0 Å². The molecule has 1 aromatic rings. The number of hydrazine groups is 1. The Morgan fingerprint density at radius 3 is 2.54 bits per heavy atom. The predicted octanol–water partition coefficient (Wildman–Crippen LogP) is 1.26. The fourth-order valence-corrected chi connectivity index (χ4v) is 1.32. The van der Waals surface area contributed by atoms with Crippen molar-refractivity contribution in [2.75, 3.05) is 5.43 Å². The molecule has 4 nitrogen and oxygen atoms in total. The summed E-state index contributed by atoms with van der Waals surface area (Å²) in [5.74, 6) is 7.64. The number of nitrogens with one attached hydrogen (secondary N) is 1. The first kappa shape index (κ1) is 8.44. The van der Waals surface area contributed by atoms with E-state index in [1.165, 1.54) is 12.8 Å². The number of hydrogen-bond acceptors (Lipinski definition) is 4. The summed E-state index contributed by atoms with van der Waals surface area (Å²) in [6.45, 7) is 3.96. The zero-order valence-corrected chi connectivity index (χ0v) is 7.96. The van der Waals surface area contributed by atoms with Gasteiger partial charge in [-0.25, -0.2) is 15.8 Å². The van der Waals surface area contributed by atoms with Crippen LogP contribution in [-0.4, -0.2) is 9.97 Å². The van der Waals surface area contributed by atoms with Gasteiger partial charge in [0.05, 0.1) is 0 Å². The number of nitrogens with zero attached hydrogens (tertiary/aromatic N) is 2. The van der Waals surface area contributed by atoms with E-state index in [0.717, 1.165) is 22.9 Å². The molecule has 0 atom stereocenters. The quantitative estimate of drug-likeness (QED) is 0.528. The van der Waals surface area contributed by atoms with Gasteiger partial charge in [-0.05, 0) is 26.7 Å². The molecule has 3 N–H and O–H groups in total. The molecule has 0 unspecified atom stereocenters. The largest absolute Gasteiger partial charge is 0.308 e. The lowest BCUT2D eigenvalue weighted by Gasteiger charge is -2.08. The molecule has 1 aromatic heterocycles. The van der Waals surface area contributed by atoms with Crippen LogP contribution >= 0.6 is 0 Å². The van der Waals surface area contributed by atoms with E-state index in [2.05, 4.69) is 15.4 Å². The minimum Gasteiger partial charge on any atom is -0.308 e. The summed E-state index contributed by atoms with van der Waals surface area (Å²) >= 11 is 0. The maximum Gasteiger partial charge on any atom is 0.146 e. The molecule has 1 fully saturated rings. The third-order valence-corrected chi connectivity index (χ3v) is 2.49. The minimum atomic E-state index is 0.575. The summed E-state index contributed by atoms with van der Waals surface area (Å²) in [6.07, 6.45) is 2.43. The first-order valence-electron chi connectivity index (χ1n) is 4.54. The summed E-state index contributed by atoms with van der Waals surface area (Å²) in [7, 11) is 0. The van der Waals surface area contributed by atoms with Crippen LogP contribution in [0.25, 0.3) is 0 Å². The zero-order chi connectivity index (χ0) is 9.42. The van der Waals surface area contributed by atoms with Gasteiger partial charge in [-0.1, -0.05) is 0 Å². The van der Waals surface area contributed by atoms with Gasteiger partial charge in [0.1, 0.15) is 11.6 Å². The Balaban J connectivity index is 2.43. The lowest BCUT2D eigenvalue weighted by atomic mass is 10.2. The fourth-order valence-electron chi connectivity index (χ4n) is 1.32. The normalized spacial score (nSPS) is 15.9. The second kappa shape index (κ2) is 2.96. The first-order chi connectivity index (χ1) is 6.22. The summed E-state index contributed by atoms with van der Waals surface area (Å²) in [5.41, 5.74) is 4.66. The Morgan fingerprint density at radius 2 is 2.00 bits per heavy atom. The lowest BCUT2D eigenvalue weighted by Crippen LogP contribution is -2.13. The summed E-state index contributed by atoms with van der Waals surface area (Å²) < 4.78 is 0. The molecule has 1 saturated carbocycles. The second-order valence-corrected chi connectivity index (χ2v) is 3.56. The number of rotatable bonds is 2. The van der Waals surface area contributed by atoms with Crippen LogP contribution < -0.4 is 11.3 Å². The van der Waals surface area contributed by atoms with Gasteiger partial charge in [0.25, 0.3) is 0 Å². The average molecular weight is 178 g/mol. The molecule has 1 aliphatic carbocycles. The van der Waals surface area contributed by atoms with E-state index in [1.54, 1.807) is 0 Å². The molecule has 0 amide bonds. The maximum absolute atomic E-state index is 5.37. The average Bonchev–Trinajstić information content (AvgIpc) is 2.92. The Kier molecular flexibility index (Phi) is 1.92. The van der Waals surface area contributed by atoms with Crippen molar-refractivity contribution in [3.63, 3.8) is 0 Å². The highest BCUT2D eigenvalue weighted by molar-refractivity contribution is 5.44. The van der Waals surface area contributed by atoms with E-state index in [1.807, 2.05) is 13.8 Å². The van der Waals surface area contributed by atoms with E-state index >= 15 is 0 Å². The minimum absolute atomic E-state index is 0.575. The van der Waals surface area contributed by atoms with E-state index in [-0.39, 0.29) is 0 Å². The van der Waals surface area contributed by atoms with Crippen LogP contribution in [0.1, 0.15) is 35.8 Å². The highest BCUT2D eigenvalue weighted by Gasteiger charge is 2.27. The molecular weight excluding hydrogens is 164 g/mol. The number of aromatic nitrogens is 2. The van der Waals surface area contributed by atoms with Crippen LogP contribution in [0.15, 0.2) is 0 Å². The molecule has 1 aliphatic rings. The van der Waals surface area contributed by atoms with Gasteiger partial charge in [0, 0.05) is 17.2 Å². The molecule has 1 heterocycles. The monoisotopic (exact) mass is 178 g/mol. The van der Waals surface area contributed by atoms with E-state index in [0.29, 0.717) is 5.92 Å². The topological polar surface area (TPSA) is 63.8 Å². The summed E-state index contributed by atoms with van der Waals surface area (Å²) in [5, 5.41) is 0. The third-order valence-electron chi connectivity index (χ3n) is 2.49. The number of hydrogen-bond donors (Lipinski definition) is 2. The van der Waals surface area contributed by atoms with Crippen molar-refractivity contribution in [2.45, 2.75) is 32.6 Å². The van der Waals surface area contributed by atoms with E-state index in [9.17, 15) is 0 Å². The van der Waals surface area contributed by atoms with Crippen LogP contribution in [0.2, 0.25) is 0 Å². The van der Waals surface area contributed by atoms with Crippen LogP contribution in [-0.2, 0) is 0 Å². The third kappa shape index (κ3) is 1.49. The molecular formula is C9H14N4. The molecule has 13 heavy (non-hydrogen) atoms. The molecule has 4 heteroatoms. The Labute approximate surface area is 77.5 Å². The van der Waals surface area contributed by atoms with Gasteiger partial charge in [-0.15, -0.1) is 0 Å². The van der Waals surface area contributed by atoms with E-state index < -0.39 is 0 Å². The van der Waals surface area contributed by atoms with Crippen molar-refractivity contribution in [3.05, 3.63) is 17.1 Å². The van der Waals surface area contributed by atoms with Crippen molar-refractivity contribution in [3.8, 4) is 0 Å². The molecule has 0 aromatic carbocycles. The summed E-state index contributed by atoms with van der Waals surface area (Å²) in [6, 6.07) is 0. The Morgan fingerprint density at radius 1 is 1.31 bits per heavy atom. The number of nitrogens with two attached hydrogens (primary N) is 1. The van der Waals surface area contributed by atoms with Crippen LogP contribution in [0.5, 0.6) is 0 Å². The van der Waals surface area contributed by atoms with Crippen molar-refractivity contribution in [1.82, 2.24) is 9.97 Å². The predicted molar refractivity (Wildman–Crippen MR) is 51.3 cm³/mol. The molecule has 0 radical (unpaired) electrons. The SMILES string of the molecule is Cc1nc(C2CC2)nc(NN)c1C. The molecule has 0 spiro atoms. The Bertz CT molecular complexity index is 331. The van der Waals surface area contributed by atoms with Crippen molar-refractivity contribution >= 4 is 5.82 Å². The van der Waals surface area contributed by atoms with Crippen molar-refractivity contribution < 1.29 is 0 Å². The Hall–Kier alpha value is -1.16. The van der Waals surface area contributed by atoms with Crippen LogP contribution in [0.4, 0.5) is 5.82 Å². The van der Waals surface area contributed by atoms with Gasteiger partial charge in [0.15, 0.2) is 0 Å². The van der Waals surface area contributed by atoms with Crippen LogP contribution in [0.3, 0.4) is 0 Å². The van der Waals surface area contributed by atoms with Crippen LogP contribution in [0, 0.1) is 13.8 Å². The first-order valence-corrected chi connectivity index (χ1v) is 4.54. The smallest absolute Gasteiger partial charge is 0.146 e. The van der Waals surface area contributed by atoms with Gasteiger partial charge in [-0.3, -0.25) is 0 Å². The van der Waals surface area contributed by atoms with Gasteiger partial charge in [-0.2, -0.15) is 0 Å². The number of aryl methyl sites for hydroxylation is 1. The molecule has 0 aliphatic heterocycles. The zero-order valence-electron chi connectivity index (χ0n) is 7.96. The number of nitrogen functional groups attached to an aromatic ring is 1. The molecule has 0 saturated heterocycles. The molecule has 70 valence electrons. The standard InChI is InChI=1S/C9H14N4/c1-5-6(2)11-9(7-3-4-7)12-8(5)13-10/h7H,3-4,10H2,1-2H3,(H,11,12,13).